The Labute approximate surface area is 150 Å². The van der Waals surface area contributed by atoms with Crippen molar-refractivity contribution >= 4 is 5.91 Å². The molecule has 2 aromatic heterocycles. The summed E-state index contributed by atoms with van der Waals surface area (Å²) < 4.78 is 1.90. The van der Waals surface area contributed by atoms with Gasteiger partial charge in [-0.3, -0.25) is 14.5 Å². The number of nitrogens with zero attached hydrogens (tertiary/aromatic N) is 4. The molecule has 1 unspecified atom stereocenters. The molecule has 1 amide bonds. The van der Waals surface area contributed by atoms with E-state index in [9.17, 15) is 4.79 Å². The summed E-state index contributed by atoms with van der Waals surface area (Å²) >= 11 is 0. The van der Waals surface area contributed by atoms with Gasteiger partial charge in [0.2, 0.25) is 5.91 Å². The summed E-state index contributed by atoms with van der Waals surface area (Å²) in [6.07, 6.45) is 9.48. The number of hydrogen-bond donors (Lipinski definition) is 0. The first-order valence-corrected chi connectivity index (χ1v) is 9.26. The van der Waals surface area contributed by atoms with Crippen LogP contribution in [0, 0.1) is 13.8 Å². The fourth-order valence-electron chi connectivity index (χ4n) is 3.89. The van der Waals surface area contributed by atoms with Crippen molar-refractivity contribution in [3.63, 3.8) is 0 Å². The molecule has 134 valence electrons. The van der Waals surface area contributed by atoms with Crippen molar-refractivity contribution in [3.8, 4) is 0 Å². The van der Waals surface area contributed by atoms with Gasteiger partial charge in [-0.25, -0.2) is 0 Å². The lowest BCUT2D eigenvalue weighted by Crippen LogP contribution is -2.35. The molecule has 5 heteroatoms. The Balaban J connectivity index is 1.74. The van der Waals surface area contributed by atoms with Crippen LogP contribution in [0.3, 0.4) is 0 Å². The second-order valence-electron chi connectivity index (χ2n) is 7.01. The first-order valence-electron chi connectivity index (χ1n) is 9.26. The summed E-state index contributed by atoms with van der Waals surface area (Å²) in [5.74, 6) is 0.256. The molecule has 3 heterocycles. The van der Waals surface area contributed by atoms with E-state index in [1.165, 1.54) is 24.0 Å². The van der Waals surface area contributed by atoms with E-state index in [0.29, 0.717) is 6.42 Å². The van der Waals surface area contributed by atoms with Crippen LogP contribution in [0.25, 0.3) is 0 Å². The largest absolute Gasteiger partial charge is 0.336 e. The van der Waals surface area contributed by atoms with Gasteiger partial charge in [-0.2, -0.15) is 5.10 Å². The highest BCUT2D eigenvalue weighted by molar-refractivity contribution is 5.77. The van der Waals surface area contributed by atoms with Crippen molar-refractivity contribution in [2.45, 2.75) is 58.4 Å². The van der Waals surface area contributed by atoms with Crippen LogP contribution in [0.2, 0.25) is 0 Å². The number of likely N-dealkylation sites (tertiary alicyclic amines) is 1. The Hall–Kier alpha value is -2.17. The van der Waals surface area contributed by atoms with Gasteiger partial charge in [-0.1, -0.05) is 12.8 Å². The Kier molecular flexibility index (Phi) is 5.51. The molecule has 0 radical (unpaired) electrons. The van der Waals surface area contributed by atoms with Gasteiger partial charge >= 0.3 is 0 Å². The number of carbonyl (C=O) groups excluding carboxylic acids is 1. The van der Waals surface area contributed by atoms with Crippen LogP contribution < -0.4 is 0 Å². The molecule has 0 N–H and O–H groups in total. The molecule has 0 aliphatic carbocycles. The molecular weight excluding hydrogens is 312 g/mol. The maximum atomic E-state index is 13.0. The zero-order valence-corrected chi connectivity index (χ0v) is 15.5. The summed E-state index contributed by atoms with van der Waals surface area (Å²) in [6, 6.07) is 4.28. The molecule has 0 spiro atoms. The Morgan fingerprint density at radius 3 is 2.64 bits per heavy atom. The molecule has 0 bridgehead atoms. The van der Waals surface area contributed by atoms with Gasteiger partial charge in [0.15, 0.2) is 0 Å². The summed E-state index contributed by atoms with van der Waals surface area (Å²) in [4.78, 5) is 19.2. The highest BCUT2D eigenvalue weighted by atomic mass is 16.2. The van der Waals surface area contributed by atoms with E-state index in [0.717, 1.165) is 37.2 Å². The molecule has 2 aromatic rings. The van der Waals surface area contributed by atoms with E-state index in [-0.39, 0.29) is 11.9 Å². The Morgan fingerprint density at radius 2 is 1.96 bits per heavy atom. The fourth-order valence-corrected chi connectivity index (χ4v) is 3.89. The lowest BCUT2D eigenvalue weighted by atomic mass is 10.0. The molecule has 1 fully saturated rings. The van der Waals surface area contributed by atoms with E-state index in [1.54, 1.807) is 0 Å². The van der Waals surface area contributed by atoms with E-state index < -0.39 is 0 Å². The zero-order chi connectivity index (χ0) is 17.8. The molecular formula is C20H28N4O. The highest BCUT2D eigenvalue weighted by Gasteiger charge is 2.26. The monoisotopic (exact) mass is 340 g/mol. The lowest BCUT2D eigenvalue weighted by Gasteiger charge is -2.30. The Morgan fingerprint density at radius 1 is 1.20 bits per heavy atom. The van der Waals surface area contributed by atoms with Crippen molar-refractivity contribution in [3.05, 3.63) is 47.0 Å². The second-order valence-corrected chi connectivity index (χ2v) is 7.01. The number of pyridine rings is 1. The molecule has 5 nitrogen and oxygen atoms in total. The maximum Gasteiger partial charge on any atom is 0.223 e. The van der Waals surface area contributed by atoms with Crippen LogP contribution in [-0.2, 0) is 18.3 Å². The smallest absolute Gasteiger partial charge is 0.223 e. The molecule has 0 aromatic carbocycles. The van der Waals surface area contributed by atoms with Crippen molar-refractivity contribution in [2.75, 3.05) is 6.54 Å². The van der Waals surface area contributed by atoms with Crippen molar-refractivity contribution in [1.82, 2.24) is 19.7 Å². The number of carbonyl (C=O) groups is 1. The minimum Gasteiger partial charge on any atom is -0.336 e. The van der Waals surface area contributed by atoms with E-state index in [4.69, 9.17) is 0 Å². The third-order valence-electron chi connectivity index (χ3n) is 5.41. The fraction of sp³-hybridized carbons (Fsp3) is 0.550. The van der Waals surface area contributed by atoms with Crippen LogP contribution in [0.4, 0.5) is 0 Å². The third kappa shape index (κ3) is 3.91. The van der Waals surface area contributed by atoms with Crippen molar-refractivity contribution in [2.24, 2.45) is 7.05 Å². The summed E-state index contributed by atoms with van der Waals surface area (Å²) in [5, 5.41) is 4.46. The van der Waals surface area contributed by atoms with Gasteiger partial charge < -0.3 is 4.90 Å². The van der Waals surface area contributed by atoms with Gasteiger partial charge in [0.1, 0.15) is 0 Å². The van der Waals surface area contributed by atoms with E-state index in [2.05, 4.69) is 21.9 Å². The summed E-state index contributed by atoms with van der Waals surface area (Å²) in [5.41, 5.74) is 4.62. The number of hydrogen-bond acceptors (Lipinski definition) is 3. The lowest BCUT2D eigenvalue weighted by molar-refractivity contribution is -0.133. The van der Waals surface area contributed by atoms with Crippen LogP contribution >= 0.6 is 0 Å². The number of amides is 1. The minimum atomic E-state index is 0.189. The average molecular weight is 340 g/mol. The van der Waals surface area contributed by atoms with Crippen LogP contribution in [0.5, 0.6) is 0 Å². The van der Waals surface area contributed by atoms with Gasteiger partial charge in [0.25, 0.3) is 0 Å². The number of aromatic nitrogens is 3. The van der Waals surface area contributed by atoms with Crippen molar-refractivity contribution in [1.29, 1.82) is 0 Å². The van der Waals surface area contributed by atoms with Crippen molar-refractivity contribution < 1.29 is 4.79 Å². The SMILES string of the molecule is Cc1nn(C)c(C)c1CCC(=O)N1CCCCCC1c1ccncc1. The molecule has 3 rings (SSSR count). The van der Waals surface area contributed by atoms with Crippen LogP contribution in [0.1, 0.15) is 60.7 Å². The average Bonchev–Trinajstić information content (AvgIpc) is 2.81. The summed E-state index contributed by atoms with van der Waals surface area (Å²) in [7, 11) is 1.96. The topological polar surface area (TPSA) is 51.0 Å². The first-order chi connectivity index (χ1) is 12.1. The summed E-state index contributed by atoms with van der Waals surface area (Å²) in [6.45, 7) is 4.96. The standard InChI is InChI=1S/C20H28N4O/c1-15-18(16(2)23(3)22-15)8-9-20(25)24-14-6-4-5-7-19(24)17-10-12-21-13-11-17/h10-13,19H,4-9,14H2,1-3H3. The van der Waals surface area contributed by atoms with Gasteiger partial charge in [-0.05, 0) is 56.4 Å². The molecule has 1 aliphatic heterocycles. The maximum absolute atomic E-state index is 13.0. The van der Waals surface area contributed by atoms with Crippen LogP contribution in [0.15, 0.2) is 24.5 Å². The minimum absolute atomic E-state index is 0.189. The van der Waals surface area contributed by atoms with Gasteiger partial charge in [-0.15, -0.1) is 0 Å². The molecule has 25 heavy (non-hydrogen) atoms. The number of rotatable bonds is 4. The zero-order valence-electron chi connectivity index (χ0n) is 15.5. The van der Waals surface area contributed by atoms with Gasteiger partial charge in [0.05, 0.1) is 11.7 Å². The number of aryl methyl sites for hydroxylation is 2. The first kappa shape index (κ1) is 17.6. The van der Waals surface area contributed by atoms with E-state index in [1.807, 2.05) is 43.2 Å². The van der Waals surface area contributed by atoms with E-state index >= 15 is 0 Å². The molecule has 0 saturated carbocycles. The highest BCUT2D eigenvalue weighted by Crippen LogP contribution is 2.30. The second kappa shape index (κ2) is 7.81. The normalized spacial score (nSPS) is 18.2. The molecule has 1 aliphatic rings. The predicted octanol–water partition coefficient (Wildman–Crippen LogP) is 3.51. The third-order valence-corrected chi connectivity index (χ3v) is 5.41. The quantitative estimate of drug-likeness (QED) is 0.856. The van der Waals surface area contributed by atoms with Gasteiger partial charge in [0, 0.05) is 38.1 Å². The Bertz CT molecular complexity index is 723. The predicted molar refractivity (Wildman–Crippen MR) is 98.2 cm³/mol. The molecule has 1 saturated heterocycles. The van der Waals surface area contributed by atoms with Crippen LogP contribution in [-0.4, -0.2) is 32.1 Å². The molecule has 1 atom stereocenters.